The number of ether oxygens (including phenoxy) is 1. The molecule has 1 aliphatic rings. The van der Waals surface area contributed by atoms with Crippen LogP contribution in [0, 0.1) is 29.2 Å². The van der Waals surface area contributed by atoms with Crippen molar-refractivity contribution >= 4 is 17.8 Å². The highest BCUT2D eigenvalue weighted by molar-refractivity contribution is 6.02. The predicted octanol–water partition coefficient (Wildman–Crippen LogP) is 5.59. The first-order chi connectivity index (χ1) is 19.1. The minimum Gasteiger partial charge on any atom is -0.492 e. The monoisotopic (exact) mass is 554 g/mol. The van der Waals surface area contributed by atoms with Crippen LogP contribution in [0.1, 0.15) is 34.3 Å². The Bertz CT molecular complexity index is 1410. The third-order valence-corrected chi connectivity index (χ3v) is 6.73. The summed E-state index contributed by atoms with van der Waals surface area (Å²) in [5.41, 5.74) is 1.45. The Labute approximate surface area is 230 Å². The van der Waals surface area contributed by atoms with E-state index >= 15 is 0 Å². The van der Waals surface area contributed by atoms with E-state index in [1.54, 1.807) is 24.3 Å². The maximum atomic E-state index is 13.8. The summed E-state index contributed by atoms with van der Waals surface area (Å²) in [4.78, 5) is 28.4. The van der Waals surface area contributed by atoms with Crippen molar-refractivity contribution in [2.24, 2.45) is 5.92 Å². The molecule has 0 saturated heterocycles. The third kappa shape index (κ3) is 7.57. The standard InChI is InChI=1S/C31H30F4N2O3/c1-37(2)11-12-40-25-7-5-21(6-8-25)31(39)36-24-17-22(13-19-3-9-26(32)28(34)15-19)30(38)23(18-24)14-20-4-10-27(33)29(35)16-20/h3-10,13,15-16,23-24H,11-12,14,17-18H2,1-2H3,(H,36,39)/b22-13+. The minimum atomic E-state index is -1.05. The van der Waals surface area contributed by atoms with Crippen molar-refractivity contribution < 1.29 is 31.9 Å². The molecule has 1 fully saturated rings. The molecule has 0 aliphatic heterocycles. The molecule has 0 radical (unpaired) electrons. The van der Waals surface area contributed by atoms with Crippen molar-refractivity contribution in [2.45, 2.75) is 25.3 Å². The molecule has 4 rings (SSSR count). The summed E-state index contributed by atoms with van der Waals surface area (Å²) >= 11 is 0. The zero-order valence-electron chi connectivity index (χ0n) is 22.2. The highest BCUT2D eigenvalue weighted by Gasteiger charge is 2.33. The Hall–Kier alpha value is -3.98. The number of hydrogen-bond acceptors (Lipinski definition) is 4. The van der Waals surface area contributed by atoms with E-state index in [0.29, 0.717) is 34.6 Å². The summed E-state index contributed by atoms with van der Waals surface area (Å²) in [5.74, 6) is -4.67. The molecule has 210 valence electrons. The maximum Gasteiger partial charge on any atom is 0.251 e. The molecular formula is C31H30F4N2O3. The van der Waals surface area contributed by atoms with E-state index in [1.807, 2.05) is 19.0 Å². The highest BCUT2D eigenvalue weighted by atomic mass is 19.2. The molecule has 3 aromatic rings. The number of carbonyl (C=O) groups is 2. The van der Waals surface area contributed by atoms with Gasteiger partial charge in [-0.15, -0.1) is 0 Å². The molecule has 1 N–H and O–H groups in total. The van der Waals surface area contributed by atoms with Crippen LogP contribution in [0.3, 0.4) is 0 Å². The van der Waals surface area contributed by atoms with Crippen LogP contribution in [0.5, 0.6) is 5.75 Å². The largest absolute Gasteiger partial charge is 0.492 e. The fourth-order valence-electron chi connectivity index (χ4n) is 4.65. The molecular weight excluding hydrogens is 524 g/mol. The predicted molar refractivity (Wildman–Crippen MR) is 144 cm³/mol. The number of benzene rings is 3. The zero-order chi connectivity index (χ0) is 28.8. The van der Waals surface area contributed by atoms with E-state index in [1.165, 1.54) is 18.2 Å². The van der Waals surface area contributed by atoms with Gasteiger partial charge in [-0.1, -0.05) is 12.1 Å². The second kappa shape index (κ2) is 12.9. The Morgan fingerprint density at radius 1 is 0.950 bits per heavy atom. The lowest BCUT2D eigenvalue weighted by Crippen LogP contribution is -2.42. The van der Waals surface area contributed by atoms with Crippen molar-refractivity contribution in [1.29, 1.82) is 0 Å². The van der Waals surface area contributed by atoms with E-state index in [2.05, 4.69) is 5.32 Å². The number of nitrogens with one attached hydrogen (secondary N) is 1. The molecule has 2 atom stereocenters. The first kappa shape index (κ1) is 29.0. The lowest BCUT2D eigenvalue weighted by atomic mass is 9.77. The van der Waals surface area contributed by atoms with Gasteiger partial charge in [0.05, 0.1) is 0 Å². The second-order valence-corrected chi connectivity index (χ2v) is 10.1. The zero-order valence-corrected chi connectivity index (χ0v) is 22.2. The molecule has 40 heavy (non-hydrogen) atoms. The number of amides is 1. The first-order valence-electron chi connectivity index (χ1n) is 12.9. The number of likely N-dealkylation sites (N-methyl/N-ethyl adjacent to an activating group) is 1. The number of ketones is 1. The van der Waals surface area contributed by atoms with Gasteiger partial charge in [0.2, 0.25) is 0 Å². The lowest BCUT2D eigenvalue weighted by Gasteiger charge is -2.31. The summed E-state index contributed by atoms with van der Waals surface area (Å²) in [6, 6.07) is 13.0. The molecule has 0 heterocycles. The molecule has 0 bridgehead atoms. The van der Waals surface area contributed by atoms with Gasteiger partial charge in [0.25, 0.3) is 5.91 Å². The van der Waals surface area contributed by atoms with Crippen LogP contribution in [0.2, 0.25) is 0 Å². The molecule has 5 nitrogen and oxygen atoms in total. The van der Waals surface area contributed by atoms with Crippen molar-refractivity contribution in [3.05, 3.63) is 106 Å². The van der Waals surface area contributed by atoms with E-state index in [0.717, 1.165) is 30.8 Å². The van der Waals surface area contributed by atoms with Gasteiger partial charge in [0.1, 0.15) is 12.4 Å². The van der Waals surface area contributed by atoms with Gasteiger partial charge in [0.15, 0.2) is 29.1 Å². The quantitative estimate of drug-likeness (QED) is 0.277. The Kier molecular flexibility index (Phi) is 9.37. The van der Waals surface area contributed by atoms with Crippen LogP contribution < -0.4 is 10.1 Å². The Balaban J connectivity index is 1.52. The minimum absolute atomic E-state index is 0.122. The average Bonchev–Trinajstić information content (AvgIpc) is 2.91. The van der Waals surface area contributed by atoms with Crippen LogP contribution in [-0.4, -0.2) is 49.9 Å². The van der Waals surface area contributed by atoms with Crippen LogP contribution in [0.4, 0.5) is 17.6 Å². The fraction of sp³-hybridized carbons (Fsp3) is 0.290. The van der Waals surface area contributed by atoms with E-state index in [4.69, 9.17) is 4.74 Å². The van der Waals surface area contributed by atoms with Crippen LogP contribution >= 0.6 is 0 Å². The van der Waals surface area contributed by atoms with Crippen LogP contribution in [0.25, 0.3) is 6.08 Å². The fourth-order valence-corrected chi connectivity index (χ4v) is 4.65. The van der Waals surface area contributed by atoms with Crippen LogP contribution in [-0.2, 0) is 11.2 Å². The van der Waals surface area contributed by atoms with Gasteiger partial charge in [-0.05, 0) is 105 Å². The molecule has 9 heteroatoms. The lowest BCUT2D eigenvalue weighted by molar-refractivity contribution is -0.120. The normalized spacial score (nSPS) is 18.3. The molecule has 1 aliphatic carbocycles. The summed E-state index contributed by atoms with van der Waals surface area (Å²) in [5, 5.41) is 2.96. The Morgan fingerprint density at radius 2 is 1.62 bits per heavy atom. The van der Waals surface area contributed by atoms with Gasteiger partial charge in [-0.2, -0.15) is 0 Å². The van der Waals surface area contributed by atoms with Crippen molar-refractivity contribution in [3.63, 3.8) is 0 Å². The molecule has 0 spiro atoms. The molecule has 3 aromatic carbocycles. The van der Waals surface area contributed by atoms with Crippen molar-refractivity contribution in [1.82, 2.24) is 10.2 Å². The highest BCUT2D eigenvalue weighted by Crippen LogP contribution is 2.31. The number of nitrogens with zero attached hydrogens (tertiary/aromatic N) is 1. The van der Waals surface area contributed by atoms with Gasteiger partial charge >= 0.3 is 0 Å². The molecule has 1 amide bonds. The number of carbonyl (C=O) groups excluding carboxylic acids is 2. The molecule has 2 unspecified atom stereocenters. The number of halogens is 4. The van der Waals surface area contributed by atoms with E-state index < -0.39 is 35.2 Å². The van der Waals surface area contributed by atoms with Crippen molar-refractivity contribution in [3.8, 4) is 5.75 Å². The third-order valence-electron chi connectivity index (χ3n) is 6.73. The van der Waals surface area contributed by atoms with Crippen LogP contribution in [0.15, 0.2) is 66.2 Å². The summed E-state index contributed by atoms with van der Waals surface area (Å²) < 4.78 is 60.2. The topological polar surface area (TPSA) is 58.6 Å². The smallest absolute Gasteiger partial charge is 0.251 e. The van der Waals surface area contributed by atoms with E-state index in [-0.39, 0.29) is 31.0 Å². The first-order valence-corrected chi connectivity index (χ1v) is 12.9. The van der Waals surface area contributed by atoms with Gasteiger partial charge < -0.3 is 15.0 Å². The summed E-state index contributed by atoms with van der Waals surface area (Å²) in [6.45, 7) is 1.25. The average molecular weight is 555 g/mol. The van der Waals surface area contributed by atoms with Gasteiger partial charge in [-0.25, -0.2) is 17.6 Å². The number of hydrogen-bond donors (Lipinski definition) is 1. The van der Waals surface area contributed by atoms with Gasteiger partial charge in [-0.3, -0.25) is 9.59 Å². The SMILES string of the molecule is CN(C)CCOc1ccc(C(=O)NC2C/C(=C\c3ccc(F)c(F)c3)C(=O)C(Cc3ccc(F)c(F)c3)C2)cc1. The summed E-state index contributed by atoms with van der Waals surface area (Å²) in [6.07, 6.45) is 2.03. The second-order valence-electron chi connectivity index (χ2n) is 10.1. The van der Waals surface area contributed by atoms with Crippen molar-refractivity contribution in [2.75, 3.05) is 27.2 Å². The number of rotatable bonds is 9. The molecule has 0 aromatic heterocycles. The maximum absolute atomic E-state index is 13.8. The molecule has 1 saturated carbocycles. The number of Topliss-reactive ketones (excluding diaryl/α,β-unsaturated/α-hetero) is 1. The Morgan fingerprint density at radius 3 is 2.27 bits per heavy atom. The van der Waals surface area contributed by atoms with E-state index in [9.17, 15) is 27.2 Å². The summed E-state index contributed by atoms with van der Waals surface area (Å²) in [7, 11) is 3.88. The van der Waals surface area contributed by atoms with Gasteiger partial charge in [0, 0.05) is 24.1 Å².